The third-order valence-corrected chi connectivity index (χ3v) is 2.34. The van der Waals surface area contributed by atoms with Crippen LogP contribution >= 0.6 is 0 Å². The zero-order valence-electron chi connectivity index (χ0n) is 10.3. The van der Waals surface area contributed by atoms with Crippen LogP contribution in [0.3, 0.4) is 0 Å². The topological polar surface area (TPSA) is 55.6 Å². The summed E-state index contributed by atoms with van der Waals surface area (Å²) in [5.41, 5.74) is 4.52. The highest BCUT2D eigenvalue weighted by Crippen LogP contribution is 2.16. The van der Waals surface area contributed by atoms with Crippen molar-refractivity contribution in [3.63, 3.8) is 0 Å². The van der Waals surface area contributed by atoms with Gasteiger partial charge in [0.15, 0.2) is 0 Å². The van der Waals surface area contributed by atoms with E-state index in [1.807, 2.05) is 0 Å². The van der Waals surface area contributed by atoms with Crippen LogP contribution in [0, 0.1) is 0 Å². The molecular formula is C10H19F3N2O2. The smallest absolute Gasteiger partial charge is 0.401 e. The molecule has 0 aromatic heterocycles. The number of halogens is 3. The standard InChI is InChI=1S/C10H19F3N2O2/c1-9(14,8(16)17-3)5-4-6-15(2)7-10(11,12)13/h4-7,14H2,1-3H3. The number of esters is 1. The molecule has 1 atom stereocenters. The van der Waals surface area contributed by atoms with Crippen LogP contribution in [0.4, 0.5) is 13.2 Å². The van der Waals surface area contributed by atoms with Crippen LogP contribution in [-0.4, -0.2) is 49.8 Å². The van der Waals surface area contributed by atoms with Crippen LogP contribution < -0.4 is 5.73 Å². The van der Waals surface area contributed by atoms with Crippen molar-refractivity contribution in [3.8, 4) is 0 Å². The molecule has 0 saturated heterocycles. The lowest BCUT2D eigenvalue weighted by molar-refractivity contribution is -0.148. The van der Waals surface area contributed by atoms with Gasteiger partial charge in [0.25, 0.3) is 0 Å². The number of nitrogens with two attached hydrogens (primary N) is 1. The zero-order chi connectivity index (χ0) is 13.7. The Hall–Kier alpha value is -0.820. The summed E-state index contributed by atoms with van der Waals surface area (Å²) in [5.74, 6) is -0.559. The molecule has 0 aromatic carbocycles. The van der Waals surface area contributed by atoms with E-state index >= 15 is 0 Å². The molecular weight excluding hydrogens is 237 g/mol. The highest BCUT2D eigenvalue weighted by Gasteiger charge is 2.31. The van der Waals surface area contributed by atoms with Gasteiger partial charge in [-0.25, -0.2) is 0 Å². The highest BCUT2D eigenvalue weighted by molar-refractivity contribution is 5.79. The Labute approximate surface area is 98.9 Å². The number of rotatable bonds is 6. The fourth-order valence-electron chi connectivity index (χ4n) is 1.44. The fourth-order valence-corrected chi connectivity index (χ4v) is 1.44. The van der Waals surface area contributed by atoms with Gasteiger partial charge in [-0.1, -0.05) is 0 Å². The normalized spacial score (nSPS) is 15.8. The fraction of sp³-hybridized carbons (Fsp3) is 0.900. The Bertz CT molecular complexity index is 254. The molecule has 4 nitrogen and oxygen atoms in total. The van der Waals surface area contributed by atoms with Crippen molar-refractivity contribution < 1.29 is 22.7 Å². The lowest BCUT2D eigenvalue weighted by Crippen LogP contribution is -2.46. The predicted octanol–water partition coefficient (Wildman–Crippen LogP) is 1.15. The third-order valence-electron chi connectivity index (χ3n) is 2.34. The largest absolute Gasteiger partial charge is 0.468 e. The first-order chi connectivity index (χ1) is 7.58. The van der Waals surface area contributed by atoms with Gasteiger partial charge in [0, 0.05) is 0 Å². The van der Waals surface area contributed by atoms with Crippen molar-refractivity contribution in [2.45, 2.75) is 31.5 Å². The molecule has 0 aliphatic heterocycles. The molecule has 0 radical (unpaired) electrons. The van der Waals surface area contributed by atoms with Gasteiger partial charge in [-0.3, -0.25) is 9.69 Å². The maximum atomic E-state index is 12.0. The second-order valence-corrected chi connectivity index (χ2v) is 4.37. The first-order valence-electron chi connectivity index (χ1n) is 5.21. The van der Waals surface area contributed by atoms with Gasteiger partial charge in [0.1, 0.15) is 5.54 Å². The van der Waals surface area contributed by atoms with Gasteiger partial charge in [-0.05, 0) is 33.4 Å². The minimum atomic E-state index is -4.21. The van der Waals surface area contributed by atoms with Crippen LogP contribution in [0.1, 0.15) is 19.8 Å². The molecule has 0 rings (SSSR count). The summed E-state index contributed by atoms with van der Waals surface area (Å²) in [7, 11) is 2.60. The Balaban J connectivity index is 3.95. The average Bonchev–Trinajstić information content (AvgIpc) is 2.13. The number of methoxy groups -OCH3 is 1. The van der Waals surface area contributed by atoms with E-state index in [4.69, 9.17) is 5.73 Å². The molecule has 0 heterocycles. The number of carbonyl (C=O) groups is 1. The van der Waals surface area contributed by atoms with Crippen molar-refractivity contribution >= 4 is 5.97 Å². The number of alkyl halides is 3. The second-order valence-electron chi connectivity index (χ2n) is 4.37. The van der Waals surface area contributed by atoms with E-state index in [0.29, 0.717) is 6.42 Å². The summed E-state index contributed by atoms with van der Waals surface area (Å²) in [6, 6.07) is 0. The Morgan fingerprint density at radius 1 is 1.41 bits per heavy atom. The molecule has 0 fully saturated rings. The van der Waals surface area contributed by atoms with Gasteiger partial charge in [-0.2, -0.15) is 13.2 Å². The summed E-state index contributed by atoms with van der Waals surface area (Å²) in [5, 5.41) is 0. The van der Waals surface area contributed by atoms with E-state index in [-0.39, 0.29) is 13.0 Å². The minimum absolute atomic E-state index is 0.225. The summed E-state index contributed by atoms with van der Waals surface area (Å²) < 4.78 is 40.5. The van der Waals surface area contributed by atoms with Crippen molar-refractivity contribution in [2.75, 3.05) is 27.2 Å². The Morgan fingerprint density at radius 2 is 1.94 bits per heavy atom. The van der Waals surface area contributed by atoms with E-state index in [0.717, 1.165) is 4.90 Å². The van der Waals surface area contributed by atoms with E-state index < -0.39 is 24.2 Å². The monoisotopic (exact) mass is 256 g/mol. The summed E-state index contributed by atoms with van der Waals surface area (Å²) >= 11 is 0. The van der Waals surface area contributed by atoms with Crippen LogP contribution in [0.2, 0.25) is 0 Å². The van der Waals surface area contributed by atoms with Gasteiger partial charge in [0.2, 0.25) is 0 Å². The lowest BCUT2D eigenvalue weighted by atomic mass is 9.97. The van der Waals surface area contributed by atoms with Gasteiger partial charge in [0.05, 0.1) is 13.7 Å². The first-order valence-corrected chi connectivity index (χ1v) is 5.21. The molecule has 7 heteroatoms. The van der Waals surface area contributed by atoms with Gasteiger partial charge < -0.3 is 10.5 Å². The molecule has 0 aliphatic carbocycles. The molecule has 17 heavy (non-hydrogen) atoms. The number of hydrogen-bond donors (Lipinski definition) is 1. The van der Waals surface area contributed by atoms with Crippen LogP contribution in [0.25, 0.3) is 0 Å². The van der Waals surface area contributed by atoms with Crippen LogP contribution in [0.5, 0.6) is 0 Å². The molecule has 0 saturated carbocycles. The summed E-state index contributed by atoms with van der Waals surface area (Å²) in [4.78, 5) is 12.3. The summed E-state index contributed by atoms with van der Waals surface area (Å²) in [6.45, 7) is 0.762. The third kappa shape index (κ3) is 7.17. The van der Waals surface area contributed by atoms with E-state index in [9.17, 15) is 18.0 Å². The number of nitrogens with zero attached hydrogens (tertiary/aromatic N) is 1. The number of hydrogen-bond acceptors (Lipinski definition) is 4. The summed E-state index contributed by atoms with van der Waals surface area (Å²) in [6.07, 6.45) is -3.53. The van der Waals surface area contributed by atoms with E-state index in [2.05, 4.69) is 4.74 Å². The predicted molar refractivity (Wildman–Crippen MR) is 57.4 cm³/mol. The molecule has 1 unspecified atom stereocenters. The van der Waals surface area contributed by atoms with Crippen molar-refractivity contribution in [1.82, 2.24) is 4.90 Å². The first kappa shape index (κ1) is 16.2. The molecule has 0 bridgehead atoms. The van der Waals surface area contributed by atoms with Crippen molar-refractivity contribution in [1.29, 1.82) is 0 Å². The SMILES string of the molecule is COC(=O)C(C)(N)CCCN(C)CC(F)(F)F. The Kier molecular flexibility index (Phi) is 5.91. The zero-order valence-corrected chi connectivity index (χ0v) is 10.3. The second kappa shape index (κ2) is 6.20. The van der Waals surface area contributed by atoms with Gasteiger partial charge in [-0.15, -0.1) is 0 Å². The lowest BCUT2D eigenvalue weighted by Gasteiger charge is -2.23. The Morgan fingerprint density at radius 3 is 2.35 bits per heavy atom. The van der Waals surface area contributed by atoms with Crippen LogP contribution in [-0.2, 0) is 9.53 Å². The maximum absolute atomic E-state index is 12.0. The van der Waals surface area contributed by atoms with Crippen molar-refractivity contribution in [2.24, 2.45) is 5.73 Å². The molecule has 0 spiro atoms. The van der Waals surface area contributed by atoms with Crippen LogP contribution in [0.15, 0.2) is 0 Å². The number of ether oxygens (including phenoxy) is 1. The molecule has 2 N–H and O–H groups in total. The molecule has 0 aromatic rings. The maximum Gasteiger partial charge on any atom is 0.401 e. The molecule has 0 aliphatic rings. The van der Waals surface area contributed by atoms with Crippen molar-refractivity contribution in [3.05, 3.63) is 0 Å². The molecule has 0 amide bonds. The number of carbonyl (C=O) groups excluding carboxylic acids is 1. The van der Waals surface area contributed by atoms with E-state index in [1.165, 1.54) is 21.1 Å². The molecule has 102 valence electrons. The average molecular weight is 256 g/mol. The highest BCUT2D eigenvalue weighted by atomic mass is 19.4. The van der Waals surface area contributed by atoms with E-state index in [1.54, 1.807) is 0 Å². The quantitative estimate of drug-likeness (QED) is 0.724. The minimum Gasteiger partial charge on any atom is -0.468 e. The van der Waals surface area contributed by atoms with Gasteiger partial charge >= 0.3 is 12.1 Å².